The number of hydrogen-bond donors (Lipinski definition) is 1. The highest BCUT2D eigenvalue weighted by Crippen LogP contribution is 2.13. The monoisotopic (exact) mass is 282 g/mol. The third-order valence-corrected chi connectivity index (χ3v) is 3.82. The molecule has 1 aromatic rings. The van der Waals surface area contributed by atoms with E-state index in [1.165, 1.54) is 6.07 Å². The molecule has 0 radical (unpaired) electrons. The van der Waals surface area contributed by atoms with E-state index < -0.39 is 11.6 Å². The molecule has 1 aliphatic rings. The van der Waals surface area contributed by atoms with E-state index in [2.05, 4.69) is 5.32 Å². The van der Waals surface area contributed by atoms with Crippen LogP contribution in [-0.4, -0.2) is 37.0 Å². The fourth-order valence-corrected chi connectivity index (χ4v) is 2.49. The molecule has 1 aromatic carbocycles. The van der Waals surface area contributed by atoms with Crippen LogP contribution in [0.1, 0.15) is 24.8 Å². The molecule has 2 rings (SSSR count). The quantitative estimate of drug-likeness (QED) is 0.897. The summed E-state index contributed by atoms with van der Waals surface area (Å²) in [7, 11) is 1.83. The Morgan fingerprint density at radius 2 is 2.20 bits per heavy atom. The number of nitrogens with zero attached hydrogens (tertiary/aromatic N) is 1. The maximum absolute atomic E-state index is 13.0. The number of likely N-dealkylation sites (N-methyl/N-ethyl adjacent to an activating group) is 1. The SMILES string of the molecule is CN(C(=O)CCCc1ccc(F)c(F)c1)C1CCNC1. The predicted octanol–water partition coefficient (Wildman–Crippen LogP) is 2.11. The Bertz CT molecular complexity index is 473. The standard InChI is InChI=1S/C15H20F2N2O/c1-19(12-7-8-18-10-12)15(20)4-2-3-11-5-6-13(16)14(17)9-11/h5-6,9,12,18H,2-4,7-8,10H2,1H3. The second-order valence-corrected chi connectivity index (χ2v) is 5.25. The van der Waals surface area contributed by atoms with Gasteiger partial charge >= 0.3 is 0 Å². The lowest BCUT2D eigenvalue weighted by Gasteiger charge is -2.23. The van der Waals surface area contributed by atoms with E-state index in [0.29, 0.717) is 19.3 Å². The fraction of sp³-hybridized carbons (Fsp3) is 0.533. The first-order valence-corrected chi connectivity index (χ1v) is 6.98. The molecule has 0 bridgehead atoms. The minimum atomic E-state index is -0.835. The molecular weight excluding hydrogens is 262 g/mol. The van der Waals surface area contributed by atoms with Gasteiger partial charge in [0.15, 0.2) is 11.6 Å². The van der Waals surface area contributed by atoms with Crippen molar-refractivity contribution in [3.05, 3.63) is 35.4 Å². The van der Waals surface area contributed by atoms with Crippen LogP contribution < -0.4 is 5.32 Å². The van der Waals surface area contributed by atoms with Crippen LogP contribution in [0, 0.1) is 11.6 Å². The van der Waals surface area contributed by atoms with Crippen molar-refractivity contribution < 1.29 is 13.6 Å². The number of aryl methyl sites for hydroxylation is 1. The van der Waals surface area contributed by atoms with Crippen LogP contribution in [0.5, 0.6) is 0 Å². The molecule has 5 heteroatoms. The van der Waals surface area contributed by atoms with Gasteiger partial charge in [0.25, 0.3) is 0 Å². The maximum Gasteiger partial charge on any atom is 0.222 e. The lowest BCUT2D eigenvalue weighted by molar-refractivity contribution is -0.131. The fourth-order valence-electron chi connectivity index (χ4n) is 2.49. The van der Waals surface area contributed by atoms with Gasteiger partial charge in [-0.25, -0.2) is 8.78 Å². The van der Waals surface area contributed by atoms with Crippen molar-refractivity contribution in [3.8, 4) is 0 Å². The number of hydrogen-bond acceptors (Lipinski definition) is 2. The second-order valence-electron chi connectivity index (χ2n) is 5.25. The highest BCUT2D eigenvalue weighted by atomic mass is 19.2. The van der Waals surface area contributed by atoms with E-state index in [-0.39, 0.29) is 11.9 Å². The van der Waals surface area contributed by atoms with Crippen molar-refractivity contribution >= 4 is 5.91 Å². The first-order valence-electron chi connectivity index (χ1n) is 6.98. The average Bonchev–Trinajstić information content (AvgIpc) is 2.96. The Morgan fingerprint density at radius 1 is 1.40 bits per heavy atom. The lowest BCUT2D eigenvalue weighted by atomic mass is 10.1. The summed E-state index contributed by atoms with van der Waals surface area (Å²) in [6.45, 7) is 1.81. The molecule has 1 heterocycles. The molecule has 1 atom stereocenters. The first kappa shape index (κ1) is 14.9. The molecule has 1 amide bonds. The van der Waals surface area contributed by atoms with Gasteiger partial charge in [-0.15, -0.1) is 0 Å². The Labute approximate surface area is 118 Å². The van der Waals surface area contributed by atoms with Gasteiger partial charge in [0, 0.05) is 26.1 Å². The molecule has 0 aromatic heterocycles. The van der Waals surface area contributed by atoms with Gasteiger partial charge in [0.2, 0.25) is 5.91 Å². The number of halogens is 2. The second kappa shape index (κ2) is 6.79. The van der Waals surface area contributed by atoms with Crippen molar-refractivity contribution in [2.45, 2.75) is 31.7 Å². The van der Waals surface area contributed by atoms with Crippen LogP contribution in [0.4, 0.5) is 8.78 Å². The molecule has 1 unspecified atom stereocenters. The predicted molar refractivity (Wildman–Crippen MR) is 73.3 cm³/mol. The lowest BCUT2D eigenvalue weighted by Crippen LogP contribution is -2.38. The number of benzene rings is 1. The molecule has 1 fully saturated rings. The Balaban J connectivity index is 1.77. The summed E-state index contributed by atoms with van der Waals surface area (Å²) < 4.78 is 25.8. The third-order valence-electron chi connectivity index (χ3n) is 3.82. The third kappa shape index (κ3) is 3.76. The van der Waals surface area contributed by atoms with E-state index in [1.807, 2.05) is 7.05 Å². The molecule has 0 saturated carbocycles. The zero-order chi connectivity index (χ0) is 14.5. The summed E-state index contributed by atoms with van der Waals surface area (Å²) in [5, 5.41) is 3.23. The largest absolute Gasteiger partial charge is 0.341 e. The maximum atomic E-state index is 13.0. The molecule has 0 spiro atoms. The number of amides is 1. The number of rotatable bonds is 5. The van der Waals surface area contributed by atoms with Crippen LogP contribution in [0.3, 0.4) is 0 Å². The summed E-state index contributed by atoms with van der Waals surface area (Å²) >= 11 is 0. The summed E-state index contributed by atoms with van der Waals surface area (Å²) in [6, 6.07) is 4.17. The highest BCUT2D eigenvalue weighted by Gasteiger charge is 2.22. The summed E-state index contributed by atoms with van der Waals surface area (Å²) in [5.41, 5.74) is 0.724. The Morgan fingerprint density at radius 3 is 2.85 bits per heavy atom. The smallest absolute Gasteiger partial charge is 0.222 e. The van der Waals surface area contributed by atoms with Gasteiger partial charge < -0.3 is 10.2 Å². The molecule has 20 heavy (non-hydrogen) atoms. The van der Waals surface area contributed by atoms with Gasteiger partial charge in [-0.1, -0.05) is 6.07 Å². The minimum Gasteiger partial charge on any atom is -0.341 e. The number of carbonyl (C=O) groups excluding carboxylic acids is 1. The van der Waals surface area contributed by atoms with E-state index in [0.717, 1.165) is 31.1 Å². The molecule has 0 aliphatic carbocycles. The van der Waals surface area contributed by atoms with Crippen molar-refractivity contribution in [1.29, 1.82) is 0 Å². The molecule has 1 aliphatic heterocycles. The molecule has 1 N–H and O–H groups in total. The molecule has 110 valence electrons. The number of nitrogens with one attached hydrogen (secondary N) is 1. The van der Waals surface area contributed by atoms with E-state index >= 15 is 0 Å². The van der Waals surface area contributed by atoms with Crippen LogP contribution in [-0.2, 0) is 11.2 Å². The number of carbonyl (C=O) groups is 1. The molecular formula is C15H20F2N2O. The van der Waals surface area contributed by atoms with Crippen LogP contribution in [0.2, 0.25) is 0 Å². The van der Waals surface area contributed by atoms with Crippen LogP contribution in [0.25, 0.3) is 0 Å². The van der Waals surface area contributed by atoms with Gasteiger partial charge in [0.1, 0.15) is 0 Å². The highest BCUT2D eigenvalue weighted by molar-refractivity contribution is 5.76. The summed E-state index contributed by atoms with van der Waals surface area (Å²) in [5.74, 6) is -1.55. The summed E-state index contributed by atoms with van der Waals surface area (Å²) in [6.07, 6.45) is 2.66. The van der Waals surface area contributed by atoms with E-state index in [4.69, 9.17) is 0 Å². The van der Waals surface area contributed by atoms with Gasteiger partial charge in [-0.05, 0) is 43.5 Å². The van der Waals surface area contributed by atoms with Crippen molar-refractivity contribution in [2.24, 2.45) is 0 Å². The average molecular weight is 282 g/mol. The van der Waals surface area contributed by atoms with Gasteiger partial charge in [0.05, 0.1) is 0 Å². The van der Waals surface area contributed by atoms with Gasteiger partial charge in [-0.2, -0.15) is 0 Å². The van der Waals surface area contributed by atoms with Crippen LogP contribution in [0.15, 0.2) is 18.2 Å². The Kier molecular flexibility index (Phi) is 5.06. The zero-order valence-electron chi connectivity index (χ0n) is 11.7. The van der Waals surface area contributed by atoms with Crippen molar-refractivity contribution in [1.82, 2.24) is 10.2 Å². The molecule has 3 nitrogen and oxygen atoms in total. The first-order chi connectivity index (χ1) is 9.58. The minimum absolute atomic E-state index is 0.112. The zero-order valence-corrected chi connectivity index (χ0v) is 11.7. The topological polar surface area (TPSA) is 32.3 Å². The van der Waals surface area contributed by atoms with Gasteiger partial charge in [-0.3, -0.25) is 4.79 Å². The van der Waals surface area contributed by atoms with E-state index in [1.54, 1.807) is 11.0 Å². The van der Waals surface area contributed by atoms with Crippen molar-refractivity contribution in [2.75, 3.05) is 20.1 Å². The Hall–Kier alpha value is -1.49. The van der Waals surface area contributed by atoms with E-state index in [9.17, 15) is 13.6 Å². The summed E-state index contributed by atoms with van der Waals surface area (Å²) in [4.78, 5) is 13.8. The van der Waals surface area contributed by atoms with Crippen molar-refractivity contribution in [3.63, 3.8) is 0 Å². The van der Waals surface area contributed by atoms with Crippen LogP contribution >= 0.6 is 0 Å². The molecule has 1 saturated heterocycles. The normalized spacial score (nSPS) is 18.2.